The van der Waals surface area contributed by atoms with E-state index in [1.165, 1.54) is 7.11 Å². The first kappa shape index (κ1) is 18.4. The smallest absolute Gasteiger partial charge is 0.259 e. The standard InChI is InChI=1S/C22H18N4O3/c1-28-19-11-5-3-9-17(19)22(27)24-18-10-4-2-7-15(18)13-20-25-21(26-29-20)16-8-6-12-23-14-16/h2-12,14H,13H2,1H3,(H,24,27). The number of carbonyl (C=O) groups excluding carboxylic acids is 1. The van der Waals surface area contributed by atoms with Crippen molar-refractivity contribution < 1.29 is 14.1 Å². The Morgan fingerprint density at radius 1 is 1.07 bits per heavy atom. The lowest BCUT2D eigenvalue weighted by Gasteiger charge is -2.12. The van der Waals surface area contributed by atoms with Crippen LogP contribution in [0.1, 0.15) is 21.8 Å². The molecule has 0 fully saturated rings. The van der Waals surface area contributed by atoms with E-state index in [1.807, 2.05) is 42.5 Å². The number of rotatable bonds is 6. The Bertz CT molecular complexity index is 1130. The summed E-state index contributed by atoms with van der Waals surface area (Å²) in [6.07, 6.45) is 3.75. The molecule has 0 aliphatic rings. The topological polar surface area (TPSA) is 90.1 Å². The number of para-hydroxylation sites is 2. The van der Waals surface area contributed by atoms with Gasteiger partial charge in [-0.1, -0.05) is 35.5 Å². The quantitative estimate of drug-likeness (QED) is 0.539. The lowest BCUT2D eigenvalue weighted by atomic mass is 10.1. The Balaban J connectivity index is 1.55. The van der Waals surface area contributed by atoms with E-state index in [1.54, 1.807) is 30.6 Å². The number of ether oxygens (including phenoxy) is 1. The molecule has 0 aliphatic heterocycles. The van der Waals surface area contributed by atoms with Crippen molar-refractivity contribution >= 4 is 11.6 Å². The van der Waals surface area contributed by atoms with Crippen molar-refractivity contribution in [2.45, 2.75) is 6.42 Å². The van der Waals surface area contributed by atoms with Crippen molar-refractivity contribution in [3.8, 4) is 17.1 Å². The molecular weight excluding hydrogens is 368 g/mol. The molecular formula is C22H18N4O3. The first-order valence-corrected chi connectivity index (χ1v) is 9.00. The van der Waals surface area contributed by atoms with Gasteiger partial charge in [0.1, 0.15) is 5.75 Å². The number of carbonyl (C=O) groups is 1. The maximum Gasteiger partial charge on any atom is 0.259 e. The first-order valence-electron chi connectivity index (χ1n) is 9.00. The number of hydrogen-bond acceptors (Lipinski definition) is 6. The fourth-order valence-corrected chi connectivity index (χ4v) is 2.92. The third-order valence-corrected chi connectivity index (χ3v) is 4.35. The van der Waals surface area contributed by atoms with E-state index in [2.05, 4.69) is 20.4 Å². The number of benzene rings is 2. The Labute approximate surface area is 167 Å². The van der Waals surface area contributed by atoms with Crippen LogP contribution < -0.4 is 10.1 Å². The summed E-state index contributed by atoms with van der Waals surface area (Å²) in [6, 6.07) is 18.3. The minimum absolute atomic E-state index is 0.253. The lowest BCUT2D eigenvalue weighted by molar-refractivity contribution is 0.102. The van der Waals surface area contributed by atoms with Crippen LogP contribution in [0.3, 0.4) is 0 Å². The van der Waals surface area contributed by atoms with Gasteiger partial charge in [0.2, 0.25) is 11.7 Å². The lowest BCUT2D eigenvalue weighted by Crippen LogP contribution is -2.14. The van der Waals surface area contributed by atoms with Crippen LogP contribution in [-0.2, 0) is 6.42 Å². The van der Waals surface area contributed by atoms with E-state index in [0.717, 1.165) is 11.1 Å². The fourth-order valence-electron chi connectivity index (χ4n) is 2.92. The molecule has 29 heavy (non-hydrogen) atoms. The molecule has 2 aromatic carbocycles. The number of nitrogens with one attached hydrogen (secondary N) is 1. The number of anilines is 1. The number of amides is 1. The molecule has 1 amide bonds. The van der Waals surface area contributed by atoms with Gasteiger partial charge in [-0.25, -0.2) is 0 Å². The summed E-state index contributed by atoms with van der Waals surface area (Å²) < 4.78 is 10.7. The number of methoxy groups -OCH3 is 1. The second-order valence-electron chi connectivity index (χ2n) is 6.24. The molecule has 7 heteroatoms. The molecule has 0 radical (unpaired) electrons. The van der Waals surface area contributed by atoms with Crippen molar-refractivity contribution in [2.24, 2.45) is 0 Å². The molecule has 0 unspecified atom stereocenters. The largest absolute Gasteiger partial charge is 0.496 e. The molecule has 4 aromatic rings. The van der Waals surface area contributed by atoms with Crippen molar-refractivity contribution in [2.75, 3.05) is 12.4 Å². The monoisotopic (exact) mass is 386 g/mol. The number of aromatic nitrogens is 3. The molecule has 0 bridgehead atoms. The van der Waals surface area contributed by atoms with E-state index in [0.29, 0.717) is 35.1 Å². The summed E-state index contributed by atoms with van der Waals surface area (Å²) in [5.41, 5.74) is 2.77. The average Bonchev–Trinajstić information content (AvgIpc) is 3.24. The van der Waals surface area contributed by atoms with E-state index in [9.17, 15) is 4.79 Å². The van der Waals surface area contributed by atoms with Gasteiger partial charge in [0.25, 0.3) is 5.91 Å². The van der Waals surface area contributed by atoms with Crippen molar-refractivity contribution in [1.82, 2.24) is 15.1 Å². The van der Waals surface area contributed by atoms with Crippen molar-refractivity contribution in [3.05, 3.63) is 90.1 Å². The Hall–Kier alpha value is -4.00. The van der Waals surface area contributed by atoms with Gasteiger partial charge in [0.15, 0.2) is 0 Å². The Morgan fingerprint density at radius 2 is 1.90 bits per heavy atom. The minimum Gasteiger partial charge on any atom is -0.496 e. The molecule has 0 atom stereocenters. The predicted octanol–water partition coefficient (Wildman–Crippen LogP) is 3.98. The molecule has 1 N–H and O–H groups in total. The molecule has 7 nitrogen and oxygen atoms in total. The molecule has 0 saturated carbocycles. The summed E-state index contributed by atoms with van der Waals surface area (Å²) in [4.78, 5) is 21.2. The van der Waals surface area contributed by atoms with Gasteiger partial charge in [-0.2, -0.15) is 4.98 Å². The SMILES string of the molecule is COc1ccccc1C(=O)Nc1ccccc1Cc1nc(-c2cccnc2)no1. The van der Waals surface area contributed by atoms with Gasteiger partial charge in [0, 0.05) is 23.6 Å². The van der Waals surface area contributed by atoms with Crippen LogP contribution in [0.25, 0.3) is 11.4 Å². The Morgan fingerprint density at radius 3 is 2.72 bits per heavy atom. The molecule has 0 saturated heterocycles. The Kier molecular flexibility index (Phi) is 5.29. The van der Waals surface area contributed by atoms with Crippen LogP contribution in [0.4, 0.5) is 5.69 Å². The van der Waals surface area contributed by atoms with Gasteiger partial charge in [-0.15, -0.1) is 0 Å². The average molecular weight is 386 g/mol. The summed E-state index contributed by atoms with van der Waals surface area (Å²) in [5.74, 6) is 1.18. The zero-order valence-electron chi connectivity index (χ0n) is 15.7. The van der Waals surface area contributed by atoms with Gasteiger partial charge < -0.3 is 14.6 Å². The van der Waals surface area contributed by atoms with Gasteiger partial charge in [-0.05, 0) is 35.9 Å². The highest BCUT2D eigenvalue weighted by molar-refractivity contribution is 6.06. The van der Waals surface area contributed by atoms with Crippen LogP contribution in [0, 0.1) is 0 Å². The molecule has 4 rings (SSSR count). The predicted molar refractivity (Wildman–Crippen MR) is 108 cm³/mol. The molecule has 2 aromatic heterocycles. The van der Waals surface area contributed by atoms with E-state index >= 15 is 0 Å². The third-order valence-electron chi connectivity index (χ3n) is 4.35. The summed E-state index contributed by atoms with van der Waals surface area (Å²) in [6.45, 7) is 0. The van der Waals surface area contributed by atoms with Gasteiger partial charge in [0.05, 0.1) is 19.1 Å². The van der Waals surface area contributed by atoms with Gasteiger partial charge in [-0.3, -0.25) is 9.78 Å². The molecule has 144 valence electrons. The summed E-state index contributed by atoms with van der Waals surface area (Å²) >= 11 is 0. The number of pyridine rings is 1. The zero-order chi connectivity index (χ0) is 20.1. The van der Waals surface area contributed by atoms with Crippen LogP contribution in [0.5, 0.6) is 5.75 Å². The third kappa shape index (κ3) is 4.14. The summed E-state index contributed by atoms with van der Waals surface area (Å²) in [5, 5.41) is 6.95. The molecule has 0 spiro atoms. The highest BCUT2D eigenvalue weighted by atomic mass is 16.5. The van der Waals surface area contributed by atoms with E-state index in [4.69, 9.17) is 9.26 Å². The number of hydrogen-bond donors (Lipinski definition) is 1. The molecule has 0 aliphatic carbocycles. The second-order valence-corrected chi connectivity index (χ2v) is 6.24. The van der Waals surface area contributed by atoms with Crippen LogP contribution >= 0.6 is 0 Å². The van der Waals surface area contributed by atoms with Gasteiger partial charge >= 0.3 is 0 Å². The second kappa shape index (κ2) is 8.35. The van der Waals surface area contributed by atoms with Crippen molar-refractivity contribution in [3.63, 3.8) is 0 Å². The fraction of sp³-hybridized carbons (Fsp3) is 0.0909. The van der Waals surface area contributed by atoms with Crippen molar-refractivity contribution in [1.29, 1.82) is 0 Å². The van der Waals surface area contributed by atoms with Crippen LogP contribution in [-0.4, -0.2) is 28.1 Å². The highest BCUT2D eigenvalue weighted by Gasteiger charge is 2.15. The van der Waals surface area contributed by atoms with Crippen LogP contribution in [0.15, 0.2) is 77.6 Å². The maximum absolute atomic E-state index is 12.7. The van der Waals surface area contributed by atoms with E-state index in [-0.39, 0.29) is 5.91 Å². The maximum atomic E-state index is 12.7. The highest BCUT2D eigenvalue weighted by Crippen LogP contribution is 2.23. The number of nitrogens with zero attached hydrogens (tertiary/aromatic N) is 3. The first-order chi connectivity index (χ1) is 14.2. The molecule has 2 heterocycles. The normalized spacial score (nSPS) is 10.5. The minimum atomic E-state index is -0.253. The zero-order valence-corrected chi connectivity index (χ0v) is 15.7. The summed E-state index contributed by atoms with van der Waals surface area (Å²) in [7, 11) is 1.54. The van der Waals surface area contributed by atoms with E-state index < -0.39 is 0 Å². The van der Waals surface area contributed by atoms with Crippen LogP contribution in [0.2, 0.25) is 0 Å².